The Kier molecular flexibility index (Phi) is 4.46. The standard InChI is InChI=1S/C19H26N4O2/c1-22(2)19-20-9-7-15(21-19)16-11-14-8-10-23(12-17(14)25-16)18(24)13-5-3-4-6-13/h5,7,9,14,16-17H,3-4,6,8,10-12H2,1-2H3/t14-,16-,17+/m0/s1. The van der Waals surface area contributed by atoms with Crippen LogP contribution in [0.1, 0.15) is 43.9 Å². The third kappa shape index (κ3) is 3.27. The Hall–Kier alpha value is -1.95. The first-order valence-corrected chi connectivity index (χ1v) is 9.26. The maximum absolute atomic E-state index is 12.6. The molecule has 0 unspecified atom stereocenters. The maximum Gasteiger partial charge on any atom is 0.249 e. The lowest BCUT2D eigenvalue weighted by Gasteiger charge is -2.34. The van der Waals surface area contributed by atoms with Crippen molar-refractivity contribution >= 4 is 11.9 Å². The van der Waals surface area contributed by atoms with Crippen molar-refractivity contribution in [3.05, 3.63) is 29.6 Å². The van der Waals surface area contributed by atoms with Gasteiger partial charge < -0.3 is 14.5 Å². The molecule has 1 aromatic heterocycles. The first-order valence-electron chi connectivity index (χ1n) is 9.26. The fourth-order valence-electron chi connectivity index (χ4n) is 4.13. The first-order chi connectivity index (χ1) is 12.1. The Morgan fingerprint density at radius 2 is 2.28 bits per heavy atom. The number of nitrogens with zero attached hydrogens (tertiary/aromatic N) is 4. The van der Waals surface area contributed by atoms with Crippen LogP contribution in [-0.2, 0) is 9.53 Å². The van der Waals surface area contributed by atoms with Crippen LogP contribution in [0.3, 0.4) is 0 Å². The highest BCUT2D eigenvalue weighted by atomic mass is 16.5. The molecule has 6 heteroatoms. The molecule has 2 aliphatic heterocycles. The second kappa shape index (κ2) is 6.75. The van der Waals surface area contributed by atoms with E-state index in [-0.39, 0.29) is 18.1 Å². The topological polar surface area (TPSA) is 58.6 Å². The summed E-state index contributed by atoms with van der Waals surface area (Å²) in [6.07, 6.45) is 9.14. The average molecular weight is 342 g/mol. The average Bonchev–Trinajstić information content (AvgIpc) is 3.30. The van der Waals surface area contributed by atoms with Gasteiger partial charge in [0.25, 0.3) is 0 Å². The van der Waals surface area contributed by atoms with E-state index in [1.807, 2.05) is 30.0 Å². The van der Waals surface area contributed by atoms with Crippen molar-refractivity contribution in [1.29, 1.82) is 0 Å². The number of piperidine rings is 1. The molecule has 1 aliphatic carbocycles. The van der Waals surface area contributed by atoms with Crippen molar-refractivity contribution < 1.29 is 9.53 Å². The fourth-order valence-corrected chi connectivity index (χ4v) is 4.13. The van der Waals surface area contributed by atoms with Gasteiger partial charge in [-0.3, -0.25) is 4.79 Å². The normalized spacial score (nSPS) is 28.6. The summed E-state index contributed by atoms with van der Waals surface area (Å²) >= 11 is 0. The number of amides is 1. The molecule has 0 spiro atoms. The van der Waals surface area contributed by atoms with Crippen molar-refractivity contribution in [2.75, 3.05) is 32.1 Å². The summed E-state index contributed by atoms with van der Waals surface area (Å²) in [4.78, 5) is 25.4. The molecule has 4 rings (SSSR count). The van der Waals surface area contributed by atoms with Gasteiger partial charge in [0.05, 0.1) is 11.8 Å². The maximum atomic E-state index is 12.6. The number of aromatic nitrogens is 2. The molecule has 25 heavy (non-hydrogen) atoms. The summed E-state index contributed by atoms with van der Waals surface area (Å²) in [6.45, 7) is 1.56. The third-order valence-electron chi connectivity index (χ3n) is 5.55. The Morgan fingerprint density at radius 3 is 3.04 bits per heavy atom. The Bertz CT molecular complexity index is 688. The van der Waals surface area contributed by atoms with Crippen LogP contribution in [0.25, 0.3) is 0 Å². The molecule has 0 aromatic carbocycles. The number of rotatable bonds is 3. The van der Waals surface area contributed by atoms with Crippen molar-refractivity contribution in [1.82, 2.24) is 14.9 Å². The number of carbonyl (C=O) groups excluding carboxylic acids is 1. The van der Waals surface area contributed by atoms with E-state index in [0.29, 0.717) is 18.4 Å². The molecular formula is C19H26N4O2. The molecule has 0 bridgehead atoms. The SMILES string of the molecule is CN(C)c1nccc([C@@H]2C[C@@H]3CCN(C(=O)C4=CCCC4)C[C@H]3O2)n1. The zero-order valence-corrected chi connectivity index (χ0v) is 15.0. The van der Waals surface area contributed by atoms with E-state index in [9.17, 15) is 4.79 Å². The third-order valence-corrected chi connectivity index (χ3v) is 5.55. The van der Waals surface area contributed by atoms with Crippen LogP contribution in [0.4, 0.5) is 5.95 Å². The zero-order chi connectivity index (χ0) is 17.4. The van der Waals surface area contributed by atoms with E-state index in [1.54, 1.807) is 6.20 Å². The minimum atomic E-state index is 0.0115. The second-order valence-corrected chi connectivity index (χ2v) is 7.50. The lowest BCUT2D eigenvalue weighted by atomic mass is 9.91. The largest absolute Gasteiger partial charge is 0.367 e. The van der Waals surface area contributed by atoms with Crippen LogP contribution in [0.2, 0.25) is 0 Å². The van der Waals surface area contributed by atoms with Gasteiger partial charge in [0.15, 0.2) is 0 Å². The van der Waals surface area contributed by atoms with Gasteiger partial charge in [-0.25, -0.2) is 9.97 Å². The van der Waals surface area contributed by atoms with E-state index in [1.165, 1.54) is 0 Å². The van der Waals surface area contributed by atoms with Gasteiger partial charge in [-0.1, -0.05) is 6.08 Å². The molecular weight excluding hydrogens is 316 g/mol. The number of anilines is 1. The quantitative estimate of drug-likeness (QED) is 0.844. The number of carbonyl (C=O) groups is 1. The number of hydrogen-bond donors (Lipinski definition) is 0. The second-order valence-electron chi connectivity index (χ2n) is 7.50. The Morgan fingerprint density at radius 1 is 1.40 bits per heavy atom. The number of likely N-dealkylation sites (tertiary alicyclic amines) is 1. The van der Waals surface area contributed by atoms with Crippen LogP contribution in [0.5, 0.6) is 0 Å². The minimum Gasteiger partial charge on any atom is -0.367 e. The summed E-state index contributed by atoms with van der Waals surface area (Å²) in [6, 6.07) is 1.95. The monoisotopic (exact) mass is 342 g/mol. The summed E-state index contributed by atoms with van der Waals surface area (Å²) < 4.78 is 6.31. The highest BCUT2D eigenvalue weighted by molar-refractivity contribution is 5.93. The number of hydrogen-bond acceptors (Lipinski definition) is 5. The van der Waals surface area contributed by atoms with Gasteiger partial charge in [0.1, 0.15) is 6.10 Å². The van der Waals surface area contributed by atoms with Gasteiger partial charge >= 0.3 is 0 Å². The van der Waals surface area contributed by atoms with Crippen LogP contribution < -0.4 is 4.90 Å². The first kappa shape index (κ1) is 16.5. The predicted molar refractivity (Wildman–Crippen MR) is 95.2 cm³/mol. The number of fused-ring (bicyclic) bond motifs is 1. The van der Waals surface area contributed by atoms with E-state index in [2.05, 4.69) is 16.0 Å². The molecule has 2 saturated heterocycles. The van der Waals surface area contributed by atoms with Crippen LogP contribution in [-0.4, -0.2) is 54.1 Å². The van der Waals surface area contributed by atoms with Crippen molar-refractivity contribution in [2.24, 2.45) is 5.92 Å². The zero-order valence-electron chi connectivity index (χ0n) is 15.0. The minimum absolute atomic E-state index is 0.0115. The van der Waals surface area contributed by atoms with Crippen LogP contribution >= 0.6 is 0 Å². The molecule has 2 fully saturated rings. The number of ether oxygens (including phenoxy) is 1. The molecule has 1 amide bonds. The number of allylic oxidation sites excluding steroid dienone is 1. The Labute approximate surface area is 148 Å². The van der Waals surface area contributed by atoms with Gasteiger partial charge in [-0.05, 0) is 44.1 Å². The van der Waals surface area contributed by atoms with Crippen molar-refractivity contribution in [3.8, 4) is 0 Å². The van der Waals surface area contributed by atoms with E-state index < -0.39 is 0 Å². The van der Waals surface area contributed by atoms with E-state index in [4.69, 9.17) is 4.74 Å². The van der Waals surface area contributed by atoms with Gasteiger partial charge in [0, 0.05) is 39.0 Å². The molecule has 0 N–H and O–H groups in total. The summed E-state index contributed by atoms with van der Waals surface area (Å²) in [5.41, 5.74) is 1.95. The summed E-state index contributed by atoms with van der Waals surface area (Å²) in [7, 11) is 3.88. The highest BCUT2D eigenvalue weighted by Gasteiger charge is 2.41. The molecule has 3 aliphatic rings. The Balaban J connectivity index is 1.43. The van der Waals surface area contributed by atoms with Gasteiger partial charge in [-0.2, -0.15) is 0 Å². The molecule has 0 radical (unpaired) electrons. The van der Waals surface area contributed by atoms with Crippen LogP contribution in [0, 0.1) is 5.92 Å². The smallest absolute Gasteiger partial charge is 0.249 e. The molecule has 6 nitrogen and oxygen atoms in total. The van der Waals surface area contributed by atoms with Crippen LogP contribution in [0.15, 0.2) is 23.9 Å². The fraction of sp³-hybridized carbons (Fsp3) is 0.632. The predicted octanol–water partition coefficient (Wildman–Crippen LogP) is 2.33. The molecule has 3 heterocycles. The molecule has 134 valence electrons. The summed E-state index contributed by atoms with van der Waals surface area (Å²) in [5, 5.41) is 0. The summed E-state index contributed by atoms with van der Waals surface area (Å²) in [5.74, 6) is 1.45. The molecule has 1 aromatic rings. The van der Waals surface area contributed by atoms with E-state index >= 15 is 0 Å². The molecule has 3 atom stereocenters. The highest BCUT2D eigenvalue weighted by Crippen LogP contribution is 2.41. The lowest BCUT2D eigenvalue weighted by molar-refractivity contribution is -0.131. The van der Waals surface area contributed by atoms with Crippen molar-refractivity contribution in [2.45, 2.75) is 44.3 Å². The molecule has 0 saturated carbocycles. The van der Waals surface area contributed by atoms with E-state index in [0.717, 1.165) is 49.9 Å². The van der Waals surface area contributed by atoms with Gasteiger partial charge in [-0.15, -0.1) is 0 Å². The lowest BCUT2D eigenvalue weighted by Crippen LogP contribution is -2.45. The van der Waals surface area contributed by atoms with Gasteiger partial charge in [0.2, 0.25) is 11.9 Å². The van der Waals surface area contributed by atoms with Crippen molar-refractivity contribution in [3.63, 3.8) is 0 Å².